The van der Waals surface area contributed by atoms with E-state index in [0.717, 1.165) is 24.5 Å². The van der Waals surface area contributed by atoms with Crippen LogP contribution in [-0.4, -0.2) is 60.9 Å². The van der Waals surface area contributed by atoms with Crippen molar-refractivity contribution in [3.05, 3.63) is 79.1 Å². The van der Waals surface area contributed by atoms with Gasteiger partial charge in [0.25, 0.3) is 10.1 Å². The van der Waals surface area contributed by atoms with Crippen molar-refractivity contribution < 1.29 is 133 Å². The Bertz CT molecular complexity index is 2370. The van der Waals surface area contributed by atoms with Crippen LogP contribution in [0.15, 0.2) is 104 Å². The van der Waals surface area contributed by atoms with Crippen molar-refractivity contribution in [2.45, 2.75) is 14.7 Å². The maximum absolute atomic E-state index is 13.8. The van der Waals surface area contributed by atoms with Gasteiger partial charge in [0.2, 0.25) is 11.9 Å². The number of hydrogen-bond donors (Lipinski definition) is 2. The number of anilines is 4. The number of nitrogens with zero attached hydrogens (tertiary/aromatic N) is 6. The largest absolute Gasteiger partial charge is 1.00 e. The van der Waals surface area contributed by atoms with Gasteiger partial charge in [0.15, 0.2) is 0 Å². The Labute approximate surface area is 346 Å². The van der Waals surface area contributed by atoms with Crippen LogP contribution in [-0.2, 0) is 30.4 Å². The predicted molar refractivity (Wildman–Crippen MR) is 157 cm³/mol. The van der Waals surface area contributed by atoms with Gasteiger partial charge < -0.3 is 24.4 Å². The maximum atomic E-state index is 13.8. The number of benzene rings is 4. The van der Waals surface area contributed by atoms with E-state index in [4.69, 9.17) is 0 Å². The molecule has 0 amide bonds. The first-order chi connectivity index (χ1) is 21.5. The molecule has 5 rings (SSSR count). The molecule has 0 atom stereocenters. The number of azo groups is 1. The summed E-state index contributed by atoms with van der Waals surface area (Å²) in [5.41, 5.74) is -1.29. The van der Waals surface area contributed by atoms with Gasteiger partial charge in [0.1, 0.15) is 37.1 Å². The van der Waals surface area contributed by atoms with Crippen molar-refractivity contribution in [2.24, 2.45) is 10.2 Å². The first-order valence-electron chi connectivity index (χ1n) is 12.5. The van der Waals surface area contributed by atoms with Gasteiger partial charge in [0, 0.05) is 18.4 Å². The normalized spacial score (nSPS) is 11.7. The van der Waals surface area contributed by atoms with E-state index in [1.54, 1.807) is 42.3 Å². The topological polar surface area (TPSA) is 270 Å². The minimum atomic E-state index is -5.27. The van der Waals surface area contributed by atoms with E-state index in [9.17, 15) is 44.0 Å². The fraction of sp³-hybridized carbons (Fsp3) is 0.0385. The number of hydrogen-bond acceptors (Lipinski definition) is 16. The van der Waals surface area contributed by atoms with Crippen LogP contribution in [0.5, 0.6) is 5.75 Å². The first-order valence-corrected chi connectivity index (χ1v) is 16.8. The molecule has 0 bridgehead atoms. The second-order valence-electron chi connectivity index (χ2n) is 9.30. The number of para-hydroxylation sites is 1. The van der Waals surface area contributed by atoms with Crippen LogP contribution in [0.1, 0.15) is 0 Å². The van der Waals surface area contributed by atoms with Crippen molar-refractivity contribution in [1.29, 1.82) is 0 Å². The van der Waals surface area contributed by atoms with E-state index < -0.39 is 78.6 Å². The minimum Gasteiger partial charge on any atom is -0.870 e. The summed E-state index contributed by atoms with van der Waals surface area (Å²) in [4.78, 5) is 11.0. The molecule has 23 heteroatoms. The molecule has 0 fully saturated rings. The smallest absolute Gasteiger partial charge is 0.870 e. The molecule has 0 aliphatic carbocycles. The summed E-state index contributed by atoms with van der Waals surface area (Å²) in [6, 6.07) is 15.5. The fourth-order valence-corrected chi connectivity index (χ4v) is 6.03. The molecule has 49 heavy (non-hydrogen) atoms. The maximum Gasteiger partial charge on any atom is 1.00 e. The number of fused-ring (bicyclic) bond motifs is 1. The standard InChI is InChI=1S/C26H21N7O10S3.3Na/c1-33(16-7-3-2-4-8-16)26-28-14-27-25(30-26)29-19-13-17(44(35,36)37)11-15-12-21(46(41,42)43)23(24(34)22(15)19)32-31-18-9-5-6-10-20(18)45(38,39)40;;;/h2-14,34H,1H3,(H,35,36,37)(H,38,39,40)(H,41,42,43)(H,27,28,29,30);;;/q;3*+1/p-3. The third kappa shape index (κ3) is 10.0. The van der Waals surface area contributed by atoms with Crippen molar-refractivity contribution in [3.8, 4) is 5.75 Å². The fourth-order valence-electron chi connectivity index (χ4n) is 4.23. The minimum absolute atomic E-state index is 0. The molecule has 4 aromatic carbocycles. The van der Waals surface area contributed by atoms with Gasteiger partial charge >= 0.3 is 88.7 Å². The Balaban J connectivity index is 0.00000278. The van der Waals surface area contributed by atoms with Crippen LogP contribution in [0.25, 0.3) is 10.8 Å². The van der Waals surface area contributed by atoms with E-state index >= 15 is 0 Å². The monoisotopic (exact) mass is 753 g/mol. The van der Waals surface area contributed by atoms with Gasteiger partial charge in [-0.3, -0.25) is 4.55 Å². The molecule has 2 N–H and O–H groups in total. The van der Waals surface area contributed by atoms with Crippen LogP contribution in [0.2, 0.25) is 0 Å². The molecule has 0 aliphatic rings. The van der Waals surface area contributed by atoms with Gasteiger partial charge in [-0.2, -0.15) is 13.4 Å². The van der Waals surface area contributed by atoms with Gasteiger partial charge in [-0.15, -0.1) is 10.2 Å². The molecular weight excluding hydrogens is 735 g/mol. The third-order valence-corrected chi connectivity index (χ3v) is 8.88. The molecule has 0 unspecified atom stereocenters. The molecule has 0 spiro atoms. The molecule has 0 saturated heterocycles. The van der Waals surface area contributed by atoms with Crippen LogP contribution < -0.4 is 104 Å². The van der Waals surface area contributed by atoms with E-state index in [-0.39, 0.29) is 101 Å². The number of aromatic nitrogens is 3. The zero-order valence-corrected chi connectivity index (χ0v) is 34.5. The number of rotatable bonds is 9. The predicted octanol–water partition coefficient (Wildman–Crippen LogP) is -5.91. The molecule has 0 saturated carbocycles. The Hall–Kier alpha value is -2.12. The van der Waals surface area contributed by atoms with Gasteiger partial charge in [-0.05, 0) is 53.2 Å². The Kier molecular flexibility index (Phi) is 14.9. The Morgan fingerprint density at radius 3 is 2.04 bits per heavy atom. The molecule has 1 heterocycles. The summed E-state index contributed by atoms with van der Waals surface area (Å²) in [7, 11) is -13.9. The summed E-state index contributed by atoms with van der Waals surface area (Å²) in [6.45, 7) is 0. The zero-order chi connectivity index (χ0) is 33.4. The summed E-state index contributed by atoms with van der Waals surface area (Å²) >= 11 is 0. The van der Waals surface area contributed by atoms with E-state index in [1.165, 1.54) is 12.1 Å². The Morgan fingerprint density at radius 2 is 1.43 bits per heavy atom. The first kappa shape index (κ1) is 43.0. The number of nitrogens with one attached hydrogen (secondary N) is 1. The summed E-state index contributed by atoms with van der Waals surface area (Å²) in [6.07, 6.45) is 1.11. The zero-order valence-electron chi connectivity index (χ0n) is 26.0. The second kappa shape index (κ2) is 16.9. The molecule has 0 radical (unpaired) electrons. The average molecular weight is 754 g/mol. The van der Waals surface area contributed by atoms with Crippen molar-refractivity contribution in [1.82, 2.24) is 15.0 Å². The summed E-state index contributed by atoms with van der Waals surface area (Å²) in [5.74, 6) is -1.38. The quantitative estimate of drug-likeness (QED) is 0.0806. The molecule has 238 valence electrons. The van der Waals surface area contributed by atoms with Crippen molar-refractivity contribution in [2.75, 3.05) is 17.3 Å². The Morgan fingerprint density at radius 1 is 0.796 bits per heavy atom. The van der Waals surface area contributed by atoms with Crippen LogP contribution >= 0.6 is 0 Å². The van der Waals surface area contributed by atoms with E-state index in [0.29, 0.717) is 17.8 Å². The van der Waals surface area contributed by atoms with Crippen molar-refractivity contribution in [3.63, 3.8) is 0 Å². The molecule has 1 aromatic heterocycles. The second-order valence-corrected chi connectivity index (χ2v) is 13.4. The van der Waals surface area contributed by atoms with E-state index in [1.807, 2.05) is 0 Å². The van der Waals surface area contributed by atoms with Gasteiger partial charge in [-0.1, -0.05) is 36.1 Å². The molecule has 5 aromatic rings. The molecule has 17 nitrogen and oxygen atoms in total. The van der Waals surface area contributed by atoms with Crippen LogP contribution in [0.3, 0.4) is 0 Å². The average Bonchev–Trinajstić information content (AvgIpc) is 2.99. The SMILES string of the molecule is CN(c1ccccc1)c1ncnc(Nc2cc(S(=O)(=O)[O-])cc3cc(S(=O)(=O)O)c(N=Nc4ccccc4S(=O)(=O)[O-])c([O-])c23)n1.[Na+].[Na+].[Na+]. The van der Waals surface area contributed by atoms with Crippen LogP contribution in [0, 0.1) is 0 Å². The third-order valence-electron chi connectivity index (χ3n) is 6.31. The van der Waals surface area contributed by atoms with Crippen LogP contribution in [0.4, 0.5) is 34.6 Å². The summed E-state index contributed by atoms with van der Waals surface area (Å²) in [5, 5.41) is 22.7. The van der Waals surface area contributed by atoms with E-state index in [2.05, 4.69) is 30.5 Å². The van der Waals surface area contributed by atoms with Gasteiger partial charge in [0.05, 0.1) is 15.5 Å². The molecule has 0 aliphatic heterocycles. The van der Waals surface area contributed by atoms with Crippen molar-refractivity contribution >= 4 is 75.8 Å². The molecular formula is C26H18N7Na3O10S3. The summed E-state index contributed by atoms with van der Waals surface area (Å²) < 4.78 is 105. The van der Waals surface area contributed by atoms with Gasteiger partial charge in [-0.25, -0.2) is 26.8 Å².